The number of ether oxygens (including phenoxy) is 1. The summed E-state index contributed by atoms with van der Waals surface area (Å²) in [6, 6.07) is 4.51. The van der Waals surface area contributed by atoms with E-state index in [0.717, 1.165) is 31.3 Å². The quantitative estimate of drug-likeness (QED) is 0.840. The molecule has 7 nitrogen and oxygen atoms in total. The third-order valence-corrected chi connectivity index (χ3v) is 4.46. The minimum absolute atomic E-state index is 0.213. The highest BCUT2D eigenvalue weighted by Gasteiger charge is 2.32. The molecule has 1 saturated heterocycles. The molecule has 2 heterocycles. The lowest BCUT2D eigenvalue weighted by atomic mass is 10.0. The van der Waals surface area contributed by atoms with Gasteiger partial charge < -0.3 is 19.5 Å². The molecule has 0 amide bonds. The first-order chi connectivity index (χ1) is 11.5. The second kappa shape index (κ2) is 6.52. The summed E-state index contributed by atoms with van der Waals surface area (Å²) in [4.78, 5) is 25.0. The summed E-state index contributed by atoms with van der Waals surface area (Å²) in [5, 5.41) is 19.6. The molecule has 7 heteroatoms. The Morgan fingerprint density at radius 2 is 1.96 bits per heavy atom. The van der Waals surface area contributed by atoms with Gasteiger partial charge in [-0.25, -0.2) is 0 Å². The van der Waals surface area contributed by atoms with Gasteiger partial charge in [-0.15, -0.1) is 0 Å². The topological polar surface area (TPSA) is 92.0 Å². The van der Waals surface area contributed by atoms with Gasteiger partial charge in [0.1, 0.15) is 18.3 Å². The number of hydrogen-bond donors (Lipinski definition) is 2. The monoisotopic (exact) mass is 332 g/mol. The predicted molar refractivity (Wildman–Crippen MR) is 87.3 cm³/mol. The van der Waals surface area contributed by atoms with Gasteiger partial charge in [-0.3, -0.25) is 14.5 Å². The van der Waals surface area contributed by atoms with E-state index in [9.17, 15) is 14.7 Å². The van der Waals surface area contributed by atoms with Crippen LogP contribution in [-0.4, -0.2) is 51.8 Å². The number of benzene rings is 1. The maximum atomic E-state index is 11.9. The van der Waals surface area contributed by atoms with Crippen molar-refractivity contribution in [3.05, 3.63) is 30.0 Å². The van der Waals surface area contributed by atoms with Gasteiger partial charge in [0.05, 0.1) is 7.11 Å². The average Bonchev–Trinajstić information content (AvgIpc) is 3.16. The SMILES string of the molecule is COc1ccc2c(c1)c([C@@H](C(=O)O)N1CCCC1)cn2CC(=O)O. The maximum absolute atomic E-state index is 11.9. The van der Waals surface area contributed by atoms with Crippen molar-refractivity contribution in [2.45, 2.75) is 25.4 Å². The van der Waals surface area contributed by atoms with Gasteiger partial charge in [-0.05, 0) is 44.1 Å². The molecule has 1 atom stereocenters. The van der Waals surface area contributed by atoms with E-state index < -0.39 is 18.0 Å². The lowest BCUT2D eigenvalue weighted by Crippen LogP contribution is -2.31. The average molecular weight is 332 g/mol. The number of rotatable bonds is 6. The minimum atomic E-state index is -0.970. The molecule has 3 rings (SSSR count). The Hall–Kier alpha value is -2.54. The number of fused-ring (bicyclic) bond motifs is 1. The first-order valence-electron chi connectivity index (χ1n) is 7.86. The third-order valence-electron chi connectivity index (χ3n) is 4.46. The van der Waals surface area contributed by atoms with E-state index in [4.69, 9.17) is 9.84 Å². The third kappa shape index (κ3) is 2.94. The molecule has 0 unspecified atom stereocenters. The number of hydrogen-bond acceptors (Lipinski definition) is 4. The number of carbonyl (C=O) groups is 2. The van der Waals surface area contributed by atoms with Crippen molar-refractivity contribution in [2.75, 3.05) is 20.2 Å². The van der Waals surface area contributed by atoms with E-state index in [1.54, 1.807) is 36.1 Å². The van der Waals surface area contributed by atoms with Crippen LogP contribution in [0.3, 0.4) is 0 Å². The van der Waals surface area contributed by atoms with E-state index in [1.807, 2.05) is 4.90 Å². The first-order valence-corrected chi connectivity index (χ1v) is 7.86. The molecule has 0 aliphatic carbocycles. The Morgan fingerprint density at radius 3 is 2.54 bits per heavy atom. The Labute approximate surface area is 139 Å². The fourth-order valence-electron chi connectivity index (χ4n) is 3.41. The van der Waals surface area contributed by atoms with Gasteiger partial charge in [0, 0.05) is 22.7 Å². The summed E-state index contributed by atoms with van der Waals surface area (Å²) < 4.78 is 6.83. The standard InChI is InChI=1S/C17H20N2O5/c1-24-11-4-5-14-12(8-11)13(9-19(14)10-15(20)21)16(17(22)23)18-6-2-3-7-18/h4-5,8-9,16H,2-3,6-7,10H2,1H3,(H,20,21)(H,22,23)/t16-/m0/s1. The molecular formula is C17H20N2O5. The minimum Gasteiger partial charge on any atom is -0.497 e. The van der Waals surface area contributed by atoms with Gasteiger partial charge in [0.15, 0.2) is 0 Å². The number of aromatic nitrogens is 1. The second-order valence-electron chi connectivity index (χ2n) is 5.97. The van der Waals surface area contributed by atoms with Crippen LogP contribution in [0.1, 0.15) is 24.4 Å². The molecule has 2 N–H and O–H groups in total. The Kier molecular flexibility index (Phi) is 4.44. The number of aliphatic carboxylic acids is 2. The predicted octanol–water partition coefficient (Wildman–Crippen LogP) is 1.96. The number of carboxylic acids is 2. The van der Waals surface area contributed by atoms with Crippen molar-refractivity contribution in [2.24, 2.45) is 0 Å². The van der Waals surface area contributed by atoms with Crippen LogP contribution in [0.15, 0.2) is 24.4 Å². The molecular weight excluding hydrogens is 312 g/mol. The normalized spacial score (nSPS) is 16.4. The van der Waals surface area contributed by atoms with Gasteiger partial charge >= 0.3 is 11.9 Å². The molecule has 1 aliphatic heterocycles. The van der Waals surface area contributed by atoms with Crippen molar-refractivity contribution in [3.63, 3.8) is 0 Å². The zero-order chi connectivity index (χ0) is 17.3. The lowest BCUT2D eigenvalue weighted by Gasteiger charge is -2.23. The van der Waals surface area contributed by atoms with E-state index in [-0.39, 0.29) is 6.54 Å². The van der Waals surface area contributed by atoms with Crippen LogP contribution < -0.4 is 4.74 Å². The molecule has 0 spiro atoms. The molecule has 0 bridgehead atoms. The summed E-state index contributed by atoms with van der Waals surface area (Å²) in [5.41, 5.74) is 1.30. The molecule has 2 aromatic rings. The van der Waals surface area contributed by atoms with Crippen LogP contribution >= 0.6 is 0 Å². The molecule has 1 aromatic carbocycles. The van der Waals surface area contributed by atoms with E-state index in [1.165, 1.54) is 0 Å². The number of nitrogens with zero attached hydrogens (tertiary/aromatic N) is 2. The van der Waals surface area contributed by atoms with E-state index in [0.29, 0.717) is 16.8 Å². The van der Waals surface area contributed by atoms with Crippen LogP contribution in [0.25, 0.3) is 10.9 Å². The molecule has 1 aliphatic rings. The lowest BCUT2D eigenvalue weighted by molar-refractivity contribution is -0.143. The molecule has 0 saturated carbocycles. The highest BCUT2D eigenvalue weighted by molar-refractivity contribution is 5.91. The Bertz CT molecular complexity index is 777. The molecule has 128 valence electrons. The van der Waals surface area contributed by atoms with Crippen molar-refractivity contribution < 1.29 is 24.5 Å². The van der Waals surface area contributed by atoms with E-state index >= 15 is 0 Å². The van der Waals surface area contributed by atoms with Crippen LogP contribution in [0.4, 0.5) is 0 Å². The number of likely N-dealkylation sites (tertiary alicyclic amines) is 1. The smallest absolute Gasteiger partial charge is 0.325 e. The van der Waals surface area contributed by atoms with Crippen molar-refractivity contribution in [3.8, 4) is 5.75 Å². The van der Waals surface area contributed by atoms with Crippen LogP contribution in [-0.2, 0) is 16.1 Å². The molecule has 1 aromatic heterocycles. The van der Waals surface area contributed by atoms with Crippen molar-refractivity contribution >= 4 is 22.8 Å². The van der Waals surface area contributed by atoms with Crippen LogP contribution in [0.5, 0.6) is 5.75 Å². The van der Waals surface area contributed by atoms with Crippen LogP contribution in [0.2, 0.25) is 0 Å². The fraction of sp³-hybridized carbons (Fsp3) is 0.412. The van der Waals surface area contributed by atoms with Gasteiger partial charge in [-0.2, -0.15) is 0 Å². The van der Waals surface area contributed by atoms with Gasteiger partial charge in [0.25, 0.3) is 0 Å². The first kappa shape index (κ1) is 16.3. The summed E-state index contributed by atoms with van der Waals surface area (Å²) >= 11 is 0. The summed E-state index contributed by atoms with van der Waals surface area (Å²) in [6.07, 6.45) is 3.59. The van der Waals surface area contributed by atoms with Crippen LogP contribution in [0, 0.1) is 0 Å². The summed E-state index contributed by atoms with van der Waals surface area (Å²) in [6.45, 7) is 1.24. The highest BCUT2D eigenvalue weighted by atomic mass is 16.5. The summed E-state index contributed by atoms with van der Waals surface area (Å²) in [5.74, 6) is -1.28. The zero-order valence-electron chi connectivity index (χ0n) is 13.4. The summed E-state index contributed by atoms with van der Waals surface area (Å²) in [7, 11) is 1.55. The van der Waals surface area contributed by atoms with Crippen molar-refractivity contribution in [1.82, 2.24) is 9.47 Å². The molecule has 0 radical (unpaired) electrons. The largest absolute Gasteiger partial charge is 0.497 e. The van der Waals surface area contributed by atoms with Crippen molar-refractivity contribution in [1.29, 1.82) is 0 Å². The number of methoxy groups -OCH3 is 1. The maximum Gasteiger partial charge on any atom is 0.325 e. The highest BCUT2D eigenvalue weighted by Crippen LogP contribution is 2.34. The molecule has 24 heavy (non-hydrogen) atoms. The molecule has 1 fully saturated rings. The second-order valence-corrected chi connectivity index (χ2v) is 5.97. The van der Waals surface area contributed by atoms with Gasteiger partial charge in [-0.1, -0.05) is 0 Å². The van der Waals surface area contributed by atoms with Gasteiger partial charge in [0.2, 0.25) is 0 Å². The van der Waals surface area contributed by atoms with E-state index in [2.05, 4.69) is 0 Å². The Morgan fingerprint density at radius 1 is 1.25 bits per heavy atom. The Balaban J connectivity index is 2.16. The number of carboxylic acid groups (broad SMARTS) is 2. The fourth-order valence-corrected chi connectivity index (χ4v) is 3.41. The zero-order valence-corrected chi connectivity index (χ0v) is 13.4.